The second kappa shape index (κ2) is 7.15. The van der Waals surface area contributed by atoms with E-state index in [4.69, 9.17) is 11.6 Å². The summed E-state index contributed by atoms with van der Waals surface area (Å²) in [4.78, 5) is 0. The van der Waals surface area contributed by atoms with Crippen LogP contribution in [0.5, 0.6) is 0 Å². The standard InChI is InChI=1S/C14H26ClN3/c1-10(2)7-6-8-11(3)16-9-13-12(4)17-18(5)14(13)15/h10-11,16H,6-9H2,1-5H3. The summed E-state index contributed by atoms with van der Waals surface area (Å²) in [7, 11) is 1.88. The smallest absolute Gasteiger partial charge is 0.131 e. The molecule has 3 nitrogen and oxygen atoms in total. The molecule has 104 valence electrons. The van der Waals surface area contributed by atoms with Gasteiger partial charge in [-0.05, 0) is 26.2 Å². The third-order valence-corrected chi connectivity index (χ3v) is 3.79. The third kappa shape index (κ3) is 4.62. The number of hydrogen-bond acceptors (Lipinski definition) is 2. The van der Waals surface area contributed by atoms with Gasteiger partial charge < -0.3 is 5.32 Å². The molecule has 1 unspecified atom stereocenters. The lowest BCUT2D eigenvalue weighted by molar-refractivity contribution is 0.457. The van der Waals surface area contributed by atoms with Crippen molar-refractivity contribution in [2.75, 3.05) is 0 Å². The Balaban J connectivity index is 2.36. The average Bonchev–Trinajstić information content (AvgIpc) is 2.50. The Labute approximate surface area is 116 Å². The van der Waals surface area contributed by atoms with Crippen molar-refractivity contribution in [1.29, 1.82) is 0 Å². The van der Waals surface area contributed by atoms with Crippen LogP contribution in [0.4, 0.5) is 0 Å². The van der Waals surface area contributed by atoms with Crippen molar-refractivity contribution >= 4 is 11.6 Å². The molecule has 1 N–H and O–H groups in total. The van der Waals surface area contributed by atoms with Gasteiger partial charge >= 0.3 is 0 Å². The van der Waals surface area contributed by atoms with E-state index in [-0.39, 0.29) is 0 Å². The number of nitrogens with one attached hydrogen (secondary N) is 1. The molecule has 0 radical (unpaired) electrons. The van der Waals surface area contributed by atoms with Gasteiger partial charge in [-0.1, -0.05) is 38.3 Å². The summed E-state index contributed by atoms with van der Waals surface area (Å²) in [5, 5.41) is 8.59. The molecule has 0 spiro atoms. The first-order valence-electron chi connectivity index (χ1n) is 6.83. The van der Waals surface area contributed by atoms with Crippen molar-refractivity contribution in [2.45, 2.75) is 59.5 Å². The first-order valence-corrected chi connectivity index (χ1v) is 7.21. The van der Waals surface area contributed by atoms with Gasteiger partial charge in [0.2, 0.25) is 0 Å². The van der Waals surface area contributed by atoms with Crippen LogP contribution in [0, 0.1) is 12.8 Å². The van der Waals surface area contributed by atoms with Gasteiger partial charge in [-0.15, -0.1) is 0 Å². The number of aromatic nitrogens is 2. The number of halogens is 1. The highest BCUT2D eigenvalue weighted by Crippen LogP contribution is 2.18. The second-order valence-electron chi connectivity index (χ2n) is 5.59. The Morgan fingerprint density at radius 2 is 1.94 bits per heavy atom. The number of nitrogens with zero attached hydrogens (tertiary/aromatic N) is 2. The third-order valence-electron chi connectivity index (χ3n) is 3.32. The monoisotopic (exact) mass is 271 g/mol. The van der Waals surface area contributed by atoms with E-state index in [0.717, 1.165) is 28.9 Å². The Kier molecular flexibility index (Phi) is 6.16. The van der Waals surface area contributed by atoms with Gasteiger partial charge in [0.15, 0.2) is 0 Å². The summed E-state index contributed by atoms with van der Waals surface area (Å²) in [6.07, 6.45) is 3.80. The second-order valence-corrected chi connectivity index (χ2v) is 5.94. The van der Waals surface area contributed by atoms with Crippen molar-refractivity contribution in [2.24, 2.45) is 13.0 Å². The first kappa shape index (κ1) is 15.5. The topological polar surface area (TPSA) is 29.9 Å². The Hall–Kier alpha value is -0.540. The van der Waals surface area contributed by atoms with Crippen molar-refractivity contribution in [3.05, 3.63) is 16.4 Å². The molecule has 0 aromatic carbocycles. The van der Waals surface area contributed by atoms with E-state index in [2.05, 4.69) is 31.2 Å². The molecule has 4 heteroatoms. The van der Waals surface area contributed by atoms with Crippen LogP contribution in [-0.4, -0.2) is 15.8 Å². The zero-order valence-electron chi connectivity index (χ0n) is 12.3. The lowest BCUT2D eigenvalue weighted by atomic mass is 10.0. The van der Waals surface area contributed by atoms with Gasteiger partial charge in [-0.2, -0.15) is 5.10 Å². The highest BCUT2D eigenvalue weighted by molar-refractivity contribution is 6.30. The minimum absolute atomic E-state index is 0.527. The van der Waals surface area contributed by atoms with Crippen LogP contribution >= 0.6 is 11.6 Å². The molecule has 0 saturated carbocycles. The number of hydrogen-bond donors (Lipinski definition) is 1. The van der Waals surface area contributed by atoms with Gasteiger partial charge in [0.25, 0.3) is 0 Å². The summed E-state index contributed by atoms with van der Waals surface area (Å²) in [6.45, 7) is 9.60. The van der Waals surface area contributed by atoms with Gasteiger partial charge in [0.1, 0.15) is 5.15 Å². The average molecular weight is 272 g/mol. The number of aryl methyl sites for hydroxylation is 2. The molecule has 0 aliphatic carbocycles. The predicted octanol–water partition coefficient (Wildman–Crippen LogP) is 3.69. The number of rotatable bonds is 7. The summed E-state index contributed by atoms with van der Waals surface area (Å²) in [5.74, 6) is 0.798. The van der Waals surface area contributed by atoms with E-state index >= 15 is 0 Å². The maximum Gasteiger partial charge on any atom is 0.131 e. The largest absolute Gasteiger partial charge is 0.310 e. The highest BCUT2D eigenvalue weighted by Gasteiger charge is 2.11. The highest BCUT2D eigenvalue weighted by atomic mass is 35.5. The van der Waals surface area contributed by atoms with Crippen molar-refractivity contribution in [3.63, 3.8) is 0 Å². The summed E-state index contributed by atoms with van der Waals surface area (Å²) >= 11 is 6.20. The van der Waals surface area contributed by atoms with Crippen LogP contribution in [0.3, 0.4) is 0 Å². The molecule has 1 heterocycles. The SMILES string of the molecule is Cc1nn(C)c(Cl)c1CNC(C)CCCC(C)C. The molecule has 0 amide bonds. The Bertz CT molecular complexity index is 371. The minimum atomic E-state index is 0.527. The molecule has 0 bridgehead atoms. The van der Waals surface area contributed by atoms with Gasteiger partial charge in [0.05, 0.1) is 5.69 Å². The molecule has 0 aliphatic heterocycles. The van der Waals surface area contributed by atoms with Gasteiger partial charge in [0, 0.05) is 25.2 Å². The lowest BCUT2D eigenvalue weighted by Crippen LogP contribution is -2.25. The van der Waals surface area contributed by atoms with Crippen molar-refractivity contribution in [1.82, 2.24) is 15.1 Å². The lowest BCUT2D eigenvalue weighted by Gasteiger charge is -2.14. The molecule has 1 atom stereocenters. The molecule has 0 fully saturated rings. The van der Waals surface area contributed by atoms with E-state index in [1.54, 1.807) is 4.68 Å². The minimum Gasteiger partial charge on any atom is -0.310 e. The Morgan fingerprint density at radius 1 is 1.28 bits per heavy atom. The summed E-state index contributed by atoms with van der Waals surface area (Å²) in [5.41, 5.74) is 2.14. The molecular weight excluding hydrogens is 246 g/mol. The first-order chi connectivity index (χ1) is 8.41. The van der Waals surface area contributed by atoms with E-state index in [1.807, 2.05) is 14.0 Å². The zero-order valence-corrected chi connectivity index (χ0v) is 13.0. The molecule has 1 aromatic heterocycles. The maximum atomic E-state index is 6.20. The van der Waals surface area contributed by atoms with Crippen molar-refractivity contribution in [3.8, 4) is 0 Å². The van der Waals surface area contributed by atoms with Crippen molar-refractivity contribution < 1.29 is 0 Å². The molecule has 0 saturated heterocycles. The quantitative estimate of drug-likeness (QED) is 0.820. The maximum absolute atomic E-state index is 6.20. The van der Waals surface area contributed by atoms with Crippen LogP contribution in [0.1, 0.15) is 51.3 Å². The molecule has 1 aromatic rings. The van der Waals surface area contributed by atoms with E-state index in [1.165, 1.54) is 19.3 Å². The normalized spacial score (nSPS) is 13.3. The molecule has 18 heavy (non-hydrogen) atoms. The fraction of sp³-hybridized carbons (Fsp3) is 0.786. The predicted molar refractivity (Wildman–Crippen MR) is 77.9 cm³/mol. The van der Waals surface area contributed by atoms with Gasteiger partial charge in [-0.25, -0.2) is 0 Å². The fourth-order valence-electron chi connectivity index (χ4n) is 2.09. The van der Waals surface area contributed by atoms with Crippen LogP contribution < -0.4 is 5.32 Å². The van der Waals surface area contributed by atoms with Crippen LogP contribution in [0.25, 0.3) is 0 Å². The van der Waals surface area contributed by atoms with E-state index in [9.17, 15) is 0 Å². The zero-order chi connectivity index (χ0) is 13.7. The van der Waals surface area contributed by atoms with Gasteiger partial charge in [-0.3, -0.25) is 4.68 Å². The van der Waals surface area contributed by atoms with E-state index in [0.29, 0.717) is 6.04 Å². The van der Waals surface area contributed by atoms with Crippen LogP contribution in [0.2, 0.25) is 5.15 Å². The summed E-state index contributed by atoms with van der Waals surface area (Å²) < 4.78 is 1.73. The van der Waals surface area contributed by atoms with E-state index < -0.39 is 0 Å². The van der Waals surface area contributed by atoms with Crippen LogP contribution in [0.15, 0.2) is 0 Å². The fourth-order valence-corrected chi connectivity index (χ4v) is 2.33. The molecule has 1 rings (SSSR count). The Morgan fingerprint density at radius 3 is 2.44 bits per heavy atom. The molecule has 0 aliphatic rings. The molecular formula is C14H26ClN3. The summed E-state index contributed by atoms with van der Waals surface area (Å²) in [6, 6.07) is 0.527. The van der Waals surface area contributed by atoms with Crippen LogP contribution in [-0.2, 0) is 13.6 Å².